The average molecular weight is 847 g/mol. The lowest BCUT2D eigenvalue weighted by molar-refractivity contribution is -0.137. The van der Waals surface area contributed by atoms with Crippen LogP contribution in [0, 0.1) is 17.7 Å². The average Bonchev–Trinajstić information content (AvgIpc) is 3.80. The van der Waals surface area contributed by atoms with E-state index in [1.54, 1.807) is 12.1 Å². The van der Waals surface area contributed by atoms with Gasteiger partial charge in [0.25, 0.3) is 11.8 Å². The van der Waals surface area contributed by atoms with Crippen molar-refractivity contribution in [1.82, 2.24) is 19.6 Å². The molecule has 1 aliphatic heterocycles. The zero-order valence-corrected chi connectivity index (χ0v) is 34.5. The lowest BCUT2D eigenvalue weighted by Gasteiger charge is -2.29. The fraction of sp³-hybridized carbons (Fsp3) is 0.341. The van der Waals surface area contributed by atoms with Gasteiger partial charge in [0.05, 0.1) is 29.1 Å². The Morgan fingerprint density at radius 3 is 2.60 bits per heavy atom. The first-order valence-corrected chi connectivity index (χ1v) is 22.0. The smallest absolute Gasteiger partial charge is 0.303 e. The highest BCUT2D eigenvalue weighted by Crippen LogP contribution is 2.34. The Kier molecular flexibility index (Phi) is 14.1. The fourth-order valence-corrected chi connectivity index (χ4v) is 9.31. The molecule has 0 atom stereocenters. The molecule has 3 N–H and O–H groups in total. The highest BCUT2D eigenvalue weighted by Gasteiger charge is 2.28. The van der Waals surface area contributed by atoms with Crippen LogP contribution in [0.2, 0.25) is 0 Å². The maximum Gasteiger partial charge on any atom is 0.303 e. The summed E-state index contributed by atoms with van der Waals surface area (Å²) in [6, 6.07) is 17.7. The number of rotatable bonds is 17. The molecule has 0 aliphatic carbocycles. The van der Waals surface area contributed by atoms with Crippen molar-refractivity contribution in [3.63, 3.8) is 0 Å². The zero-order valence-electron chi connectivity index (χ0n) is 32.0. The van der Waals surface area contributed by atoms with E-state index in [4.69, 9.17) is 9.84 Å². The van der Waals surface area contributed by atoms with Gasteiger partial charge in [0.2, 0.25) is 10.0 Å². The lowest BCUT2D eigenvalue weighted by atomic mass is 9.94. The van der Waals surface area contributed by atoms with Gasteiger partial charge < -0.3 is 14.7 Å². The number of carbonyl (C=O) groups excluding carboxylic acids is 2. The number of benzene rings is 3. The predicted molar refractivity (Wildman–Crippen MR) is 224 cm³/mol. The number of carboxylic acid groups (broad SMARTS) is 1. The Morgan fingerprint density at radius 1 is 1.00 bits per heavy atom. The molecule has 304 valence electrons. The van der Waals surface area contributed by atoms with Gasteiger partial charge in [-0.05, 0) is 93.7 Å². The number of sulfonamides is 1. The number of aliphatic carboxylic acids is 1. The quantitative estimate of drug-likeness (QED) is 0.0706. The molecule has 2 aromatic heterocycles. The van der Waals surface area contributed by atoms with Gasteiger partial charge in [-0.3, -0.25) is 24.6 Å². The maximum atomic E-state index is 14.8. The largest absolute Gasteiger partial charge is 0.491 e. The number of para-hydroxylation sites is 1. The van der Waals surface area contributed by atoms with Crippen molar-refractivity contribution in [2.45, 2.75) is 51.5 Å². The standard InChI is InChI=1S/C41H43FN6O7S3/c1-47(2)21-9-11-27-18-19-33(31(42)25-27)55-23-10-16-35-37(39(52)46-58(53,54)24-7-3-4-17-36(49)50)44-41(57-35)48-22-20-28-12-8-13-29(30(28)26-48)38(51)45-40-43-32-14-5-6-15-34(32)56-40/h5-6,8,12-15,18-19,25H,3-4,7,10,16-17,20-24,26H2,1-2H3,(H,46,52)(H,49,50)(H,43,45,51). The molecule has 0 radical (unpaired) electrons. The van der Waals surface area contributed by atoms with Crippen LogP contribution in [0.4, 0.5) is 14.7 Å². The van der Waals surface area contributed by atoms with Gasteiger partial charge in [0.15, 0.2) is 21.8 Å². The number of amides is 2. The Morgan fingerprint density at radius 2 is 1.83 bits per heavy atom. The van der Waals surface area contributed by atoms with Crippen molar-refractivity contribution in [1.29, 1.82) is 0 Å². The number of carboxylic acids is 1. The summed E-state index contributed by atoms with van der Waals surface area (Å²) in [5.41, 5.74) is 3.58. The van der Waals surface area contributed by atoms with E-state index in [2.05, 4.69) is 31.8 Å². The highest BCUT2D eigenvalue weighted by atomic mass is 32.2. The van der Waals surface area contributed by atoms with Crippen LogP contribution in [0.1, 0.15) is 74.5 Å². The molecule has 5 aromatic rings. The van der Waals surface area contributed by atoms with Crippen molar-refractivity contribution in [2.75, 3.05) is 49.8 Å². The van der Waals surface area contributed by atoms with Crippen molar-refractivity contribution in [3.05, 3.63) is 99.3 Å². The van der Waals surface area contributed by atoms with Gasteiger partial charge in [-0.15, -0.1) is 11.3 Å². The minimum atomic E-state index is -4.05. The number of carbonyl (C=O) groups is 3. The lowest BCUT2D eigenvalue weighted by Crippen LogP contribution is -2.34. The molecule has 1 aliphatic rings. The van der Waals surface area contributed by atoms with Crippen molar-refractivity contribution >= 4 is 71.0 Å². The summed E-state index contributed by atoms with van der Waals surface area (Å²) in [6.07, 6.45) is 2.06. The van der Waals surface area contributed by atoms with E-state index < -0.39 is 27.7 Å². The molecule has 0 fully saturated rings. The van der Waals surface area contributed by atoms with E-state index in [0.717, 1.165) is 21.3 Å². The molecule has 58 heavy (non-hydrogen) atoms. The van der Waals surface area contributed by atoms with Crippen LogP contribution in [-0.4, -0.2) is 85.7 Å². The van der Waals surface area contributed by atoms with E-state index in [1.807, 2.05) is 60.3 Å². The van der Waals surface area contributed by atoms with Gasteiger partial charge in [0, 0.05) is 35.5 Å². The van der Waals surface area contributed by atoms with Gasteiger partial charge in [-0.1, -0.05) is 53.9 Å². The number of ether oxygens (including phenoxy) is 1. The Bertz CT molecular complexity index is 2440. The molecule has 0 saturated heterocycles. The Labute approximate surface area is 344 Å². The second-order valence-electron chi connectivity index (χ2n) is 13.9. The van der Waals surface area contributed by atoms with Crippen LogP contribution in [0.5, 0.6) is 5.75 Å². The summed E-state index contributed by atoms with van der Waals surface area (Å²) >= 11 is 2.64. The Balaban J connectivity index is 1.17. The minimum absolute atomic E-state index is 0.0473. The third-order valence-corrected chi connectivity index (χ3v) is 12.6. The number of aromatic nitrogens is 2. The second-order valence-corrected chi connectivity index (χ2v) is 17.8. The van der Waals surface area contributed by atoms with E-state index in [0.29, 0.717) is 71.6 Å². The van der Waals surface area contributed by atoms with E-state index in [1.165, 1.54) is 34.8 Å². The SMILES string of the molecule is CN(C)CC#Cc1ccc(OCCCc2sc(N3CCc4cccc(C(=O)Nc5nc6ccccc6s5)c4C3)nc2C(=O)NS(=O)(=O)CCCCCC(=O)O)c(F)c1. The molecule has 3 aromatic carbocycles. The Hall–Kier alpha value is -5.41. The number of halogens is 1. The summed E-state index contributed by atoms with van der Waals surface area (Å²) in [5.74, 6) is 2.91. The molecule has 13 nitrogen and oxygen atoms in total. The third-order valence-electron chi connectivity index (χ3n) is 9.12. The van der Waals surface area contributed by atoms with Gasteiger partial charge in [-0.2, -0.15) is 0 Å². The van der Waals surface area contributed by atoms with Crippen LogP contribution in [0.3, 0.4) is 0 Å². The summed E-state index contributed by atoms with van der Waals surface area (Å²) in [4.78, 5) is 51.6. The number of anilines is 2. The van der Waals surface area contributed by atoms with Gasteiger partial charge in [0.1, 0.15) is 5.69 Å². The molecule has 0 unspecified atom stereocenters. The number of aryl methyl sites for hydroxylation is 1. The molecular weight excluding hydrogens is 804 g/mol. The number of nitrogens with one attached hydrogen (secondary N) is 2. The molecule has 6 rings (SSSR count). The van der Waals surface area contributed by atoms with E-state index >= 15 is 0 Å². The fourth-order valence-electron chi connectivity index (χ4n) is 6.26. The number of fused-ring (bicyclic) bond motifs is 2. The van der Waals surface area contributed by atoms with Crippen molar-refractivity contribution in [2.24, 2.45) is 0 Å². The topological polar surface area (TPSA) is 171 Å². The van der Waals surface area contributed by atoms with Crippen LogP contribution in [0.25, 0.3) is 10.2 Å². The second kappa shape index (κ2) is 19.4. The molecule has 2 amide bonds. The van der Waals surface area contributed by atoms with E-state index in [9.17, 15) is 27.2 Å². The van der Waals surface area contributed by atoms with Gasteiger partial charge in [-0.25, -0.2) is 27.5 Å². The van der Waals surface area contributed by atoms with Crippen LogP contribution >= 0.6 is 22.7 Å². The normalized spacial score (nSPS) is 12.5. The van der Waals surface area contributed by atoms with E-state index in [-0.39, 0.29) is 49.0 Å². The number of unbranched alkanes of at least 4 members (excludes halogenated alkanes) is 2. The van der Waals surface area contributed by atoms with Crippen molar-refractivity contribution in [3.8, 4) is 17.6 Å². The first-order chi connectivity index (χ1) is 27.8. The van der Waals surface area contributed by atoms with Crippen LogP contribution in [-0.2, 0) is 34.2 Å². The minimum Gasteiger partial charge on any atom is -0.491 e. The predicted octanol–water partition coefficient (Wildman–Crippen LogP) is 6.34. The van der Waals surface area contributed by atoms with Gasteiger partial charge >= 0.3 is 5.97 Å². The summed E-state index contributed by atoms with van der Waals surface area (Å²) < 4.78 is 49.5. The number of thiazole rings is 2. The molecule has 0 spiro atoms. The molecule has 17 heteroatoms. The number of hydrogen-bond acceptors (Lipinski definition) is 12. The zero-order chi connectivity index (χ0) is 41.2. The molecule has 0 saturated carbocycles. The van der Waals surface area contributed by atoms with Crippen LogP contribution in [0.15, 0.2) is 60.7 Å². The van der Waals surface area contributed by atoms with Crippen molar-refractivity contribution < 1.29 is 37.0 Å². The number of nitrogens with zero attached hydrogens (tertiary/aromatic N) is 4. The molecule has 3 heterocycles. The first kappa shape index (κ1) is 42.2. The summed E-state index contributed by atoms with van der Waals surface area (Å²) in [7, 11) is -0.270. The monoisotopic (exact) mass is 846 g/mol. The third kappa shape index (κ3) is 11.4. The molecule has 0 bridgehead atoms. The number of hydrogen-bond donors (Lipinski definition) is 3. The highest BCUT2D eigenvalue weighted by molar-refractivity contribution is 7.90. The molecular formula is C41H43FN6O7S3. The maximum absolute atomic E-state index is 14.8. The summed E-state index contributed by atoms with van der Waals surface area (Å²) in [6.45, 7) is 1.50. The van der Waals surface area contributed by atoms with Crippen LogP contribution < -0.4 is 19.7 Å². The summed E-state index contributed by atoms with van der Waals surface area (Å²) in [5, 5.41) is 12.8. The first-order valence-electron chi connectivity index (χ1n) is 18.7.